The van der Waals surface area contributed by atoms with Crippen molar-refractivity contribution >= 4 is 5.69 Å². The van der Waals surface area contributed by atoms with E-state index in [4.69, 9.17) is 5.73 Å². The largest absolute Gasteiger partial charge is 0.396 e. The van der Waals surface area contributed by atoms with E-state index in [1.54, 1.807) is 23.3 Å². The first-order valence-corrected chi connectivity index (χ1v) is 5.65. The lowest BCUT2D eigenvalue weighted by Crippen LogP contribution is -1.94. The van der Waals surface area contributed by atoms with E-state index < -0.39 is 0 Å². The van der Waals surface area contributed by atoms with Crippen LogP contribution in [0.3, 0.4) is 0 Å². The second-order valence-corrected chi connectivity index (χ2v) is 3.95. The van der Waals surface area contributed by atoms with Crippen molar-refractivity contribution in [3.8, 4) is 16.9 Å². The third-order valence-electron chi connectivity index (χ3n) is 2.70. The van der Waals surface area contributed by atoms with Crippen LogP contribution in [0.4, 0.5) is 5.69 Å². The lowest BCUT2D eigenvalue weighted by Gasteiger charge is -1.99. The summed E-state index contributed by atoms with van der Waals surface area (Å²) in [4.78, 5) is 4.07. The van der Waals surface area contributed by atoms with Gasteiger partial charge in [0, 0.05) is 11.8 Å². The molecule has 0 radical (unpaired) electrons. The van der Waals surface area contributed by atoms with E-state index in [2.05, 4.69) is 10.1 Å². The van der Waals surface area contributed by atoms with Crippen LogP contribution in [0.25, 0.3) is 16.9 Å². The first-order chi connectivity index (χ1) is 8.84. The molecular weight excluding hydrogens is 224 g/mol. The van der Waals surface area contributed by atoms with Gasteiger partial charge in [0.15, 0.2) is 0 Å². The molecule has 0 saturated heterocycles. The fourth-order valence-electron chi connectivity index (χ4n) is 1.83. The third-order valence-corrected chi connectivity index (χ3v) is 2.70. The van der Waals surface area contributed by atoms with Crippen LogP contribution in [0.1, 0.15) is 0 Å². The Bertz CT molecular complexity index is 644. The Labute approximate surface area is 105 Å². The molecule has 88 valence electrons. The Morgan fingerprint density at radius 1 is 1.00 bits per heavy atom. The van der Waals surface area contributed by atoms with Crippen molar-refractivity contribution < 1.29 is 0 Å². The van der Waals surface area contributed by atoms with Crippen molar-refractivity contribution in [3.63, 3.8) is 0 Å². The van der Waals surface area contributed by atoms with Gasteiger partial charge < -0.3 is 5.73 Å². The number of anilines is 1. The Hall–Kier alpha value is -2.62. The molecule has 0 bridgehead atoms. The van der Waals surface area contributed by atoms with Gasteiger partial charge in [-0.1, -0.05) is 30.3 Å². The maximum atomic E-state index is 6.01. The summed E-state index contributed by atoms with van der Waals surface area (Å²) in [6.45, 7) is 0. The van der Waals surface area contributed by atoms with Gasteiger partial charge in [0.25, 0.3) is 0 Å². The van der Waals surface area contributed by atoms with Gasteiger partial charge in [-0.2, -0.15) is 5.10 Å². The van der Waals surface area contributed by atoms with Gasteiger partial charge >= 0.3 is 0 Å². The van der Waals surface area contributed by atoms with E-state index in [1.807, 2.05) is 42.5 Å². The Kier molecular flexibility index (Phi) is 2.53. The first-order valence-electron chi connectivity index (χ1n) is 5.65. The summed E-state index contributed by atoms with van der Waals surface area (Å²) in [7, 11) is 0. The van der Waals surface area contributed by atoms with Gasteiger partial charge in [-0.3, -0.25) is 4.98 Å². The zero-order chi connectivity index (χ0) is 12.4. The predicted molar refractivity (Wildman–Crippen MR) is 71.2 cm³/mol. The fourth-order valence-corrected chi connectivity index (χ4v) is 1.83. The van der Waals surface area contributed by atoms with Crippen molar-refractivity contribution in [3.05, 3.63) is 61.1 Å². The number of rotatable bonds is 2. The maximum absolute atomic E-state index is 6.01. The molecule has 0 atom stereocenters. The summed E-state index contributed by atoms with van der Waals surface area (Å²) in [5.74, 6) is 0. The van der Waals surface area contributed by atoms with E-state index in [9.17, 15) is 0 Å². The molecule has 0 amide bonds. The minimum Gasteiger partial charge on any atom is -0.396 e. The van der Waals surface area contributed by atoms with E-state index >= 15 is 0 Å². The minimum absolute atomic E-state index is 0.657. The fraction of sp³-hybridized carbons (Fsp3) is 0. The highest BCUT2D eigenvalue weighted by Gasteiger charge is 2.08. The molecule has 0 aliphatic heterocycles. The van der Waals surface area contributed by atoms with Crippen molar-refractivity contribution in [2.24, 2.45) is 0 Å². The van der Waals surface area contributed by atoms with Gasteiger partial charge in [0.1, 0.15) is 5.69 Å². The highest BCUT2D eigenvalue weighted by atomic mass is 15.3. The molecule has 0 fully saturated rings. The maximum Gasteiger partial charge on any atom is 0.116 e. The molecule has 0 unspecified atom stereocenters. The van der Waals surface area contributed by atoms with Crippen LogP contribution in [0.2, 0.25) is 0 Å². The first kappa shape index (κ1) is 10.5. The molecule has 1 aromatic carbocycles. The predicted octanol–water partition coefficient (Wildman–Crippen LogP) is 2.52. The average molecular weight is 236 g/mol. The molecule has 2 aromatic heterocycles. The Morgan fingerprint density at radius 2 is 1.83 bits per heavy atom. The summed E-state index contributed by atoms with van der Waals surface area (Å²) in [6, 6.07) is 13.7. The average Bonchev–Trinajstić information content (AvgIpc) is 2.83. The second-order valence-electron chi connectivity index (χ2n) is 3.95. The SMILES string of the molecule is Nc1cn(-c2cccnc2)nc1-c1ccccc1. The lowest BCUT2D eigenvalue weighted by molar-refractivity contribution is 0.878. The summed E-state index contributed by atoms with van der Waals surface area (Å²) >= 11 is 0. The van der Waals surface area contributed by atoms with E-state index in [-0.39, 0.29) is 0 Å². The van der Waals surface area contributed by atoms with Crippen LogP contribution in [0, 0.1) is 0 Å². The van der Waals surface area contributed by atoms with Crippen LogP contribution >= 0.6 is 0 Å². The van der Waals surface area contributed by atoms with E-state index in [0.717, 1.165) is 16.9 Å². The summed E-state index contributed by atoms with van der Waals surface area (Å²) in [6.07, 6.45) is 5.29. The zero-order valence-corrected chi connectivity index (χ0v) is 9.69. The zero-order valence-electron chi connectivity index (χ0n) is 9.69. The number of hydrogen-bond donors (Lipinski definition) is 1. The molecular formula is C14H12N4. The molecule has 18 heavy (non-hydrogen) atoms. The lowest BCUT2D eigenvalue weighted by atomic mass is 10.1. The Morgan fingerprint density at radius 3 is 2.56 bits per heavy atom. The van der Waals surface area contributed by atoms with Crippen molar-refractivity contribution in [1.29, 1.82) is 0 Å². The summed E-state index contributed by atoms with van der Waals surface area (Å²) in [5, 5.41) is 4.50. The smallest absolute Gasteiger partial charge is 0.116 e. The van der Waals surface area contributed by atoms with Crippen LogP contribution in [0.15, 0.2) is 61.1 Å². The van der Waals surface area contributed by atoms with Crippen molar-refractivity contribution in [2.45, 2.75) is 0 Å². The van der Waals surface area contributed by atoms with Gasteiger partial charge in [0.2, 0.25) is 0 Å². The quantitative estimate of drug-likeness (QED) is 0.743. The molecule has 0 spiro atoms. The third kappa shape index (κ3) is 1.84. The molecule has 3 aromatic rings. The van der Waals surface area contributed by atoms with Crippen molar-refractivity contribution in [1.82, 2.24) is 14.8 Å². The monoisotopic (exact) mass is 236 g/mol. The highest BCUT2D eigenvalue weighted by Crippen LogP contribution is 2.24. The normalized spacial score (nSPS) is 10.4. The number of nitrogens with two attached hydrogens (primary N) is 1. The van der Waals surface area contributed by atoms with Gasteiger partial charge in [-0.05, 0) is 12.1 Å². The van der Waals surface area contributed by atoms with Crippen LogP contribution in [-0.4, -0.2) is 14.8 Å². The summed E-state index contributed by atoms with van der Waals surface area (Å²) in [5.41, 5.74) is 9.36. The van der Waals surface area contributed by atoms with E-state index in [1.165, 1.54) is 0 Å². The highest BCUT2D eigenvalue weighted by molar-refractivity contribution is 5.72. The molecule has 0 saturated carbocycles. The van der Waals surface area contributed by atoms with E-state index in [0.29, 0.717) is 5.69 Å². The van der Waals surface area contributed by atoms with Crippen molar-refractivity contribution in [2.75, 3.05) is 5.73 Å². The number of nitrogen functional groups attached to an aromatic ring is 1. The number of nitrogens with zero attached hydrogens (tertiary/aromatic N) is 3. The molecule has 0 aliphatic rings. The Balaban J connectivity index is 2.07. The molecule has 0 aliphatic carbocycles. The van der Waals surface area contributed by atoms with Gasteiger partial charge in [0.05, 0.1) is 23.8 Å². The molecule has 2 heterocycles. The number of benzene rings is 1. The summed E-state index contributed by atoms with van der Waals surface area (Å²) < 4.78 is 1.74. The van der Waals surface area contributed by atoms with Gasteiger partial charge in [-0.25, -0.2) is 4.68 Å². The number of pyridine rings is 1. The second kappa shape index (κ2) is 4.33. The molecule has 3 rings (SSSR count). The van der Waals surface area contributed by atoms with Gasteiger partial charge in [-0.15, -0.1) is 0 Å². The van der Waals surface area contributed by atoms with Crippen LogP contribution in [-0.2, 0) is 0 Å². The van der Waals surface area contributed by atoms with Crippen LogP contribution in [0.5, 0.6) is 0 Å². The minimum atomic E-state index is 0.657. The number of aromatic nitrogens is 3. The molecule has 2 N–H and O–H groups in total. The standard InChI is InChI=1S/C14H12N4/c15-13-10-18(12-7-4-8-16-9-12)17-14(13)11-5-2-1-3-6-11/h1-10H,15H2. The number of hydrogen-bond acceptors (Lipinski definition) is 3. The topological polar surface area (TPSA) is 56.7 Å². The molecule has 4 nitrogen and oxygen atoms in total. The molecule has 4 heteroatoms. The van der Waals surface area contributed by atoms with Crippen LogP contribution < -0.4 is 5.73 Å².